The van der Waals surface area contributed by atoms with E-state index in [1.54, 1.807) is 0 Å². The van der Waals surface area contributed by atoms with E-state index in [1.807, 2.05) is 40.6 Å². The van der Waals surface area contributed by atoms with E-state index in [2.05, 4.69) is 42.0 Å². The summed E-state index contributed by atoms with van der Waals surface area (Å²) in [6.45, 7) is 8.75. The molecule has 0 bridgehead atoms. The van der Waals surface area contributed by atoms with Crippen molar-refractivity contribution >= 4 is 17.4 Å². The number of benzene rings is 1. The third kappa shape index (κ3) is 3.52. The SMILES string of the molecule is Cc1cc2nc(C(C)C)cc(N3CCN(Cc4ccccc4)C(=O)C3)n2n1. The van der Waals surface area contributed by atoms with E-state index in [-0.39, 0.29) is 5.91 Å². The summed E-state index contributed by atoms with van der Waals surface area (Å²) in [6.07, 6.45) is 0. The number of hydrogen-bond donors (Lipinski definition) is 0. The zero-order chi connectivity index (χ0) is 19.0. The summed E-state index contributed by atoms with van der Waals surface area (Å²) in [5.41, 5.74) is 3.96. The van der Waals surface area contributed by atoms with Crippen molar-refractivity contribution in [1.29, 1.82) is 0 Å². The number of aromatic nitrogens is 3. The maximum atomic E-state index is 12.8. The van der Waals surface area contributed by atoms with Gasteiger partial charge >= 0.3 is 0 Å². The topological polar surface area (TPSA) is 53.7 Å². The van der Waals surface area contributed by atoms with Crippen LogP contribution in [-0.4, -0.2) is 45.0 Å². The molecule has 1 fully saturated rings. The van der Waals surface area contributed by atoms with Crippen LogP contribution in [0.15, 0.2) is 42.5 Å². The van der Waals surface area contributed by atoms with Crippen molar-refractivity contribution in [1.82, 2.24) is 19.5 Å². The van der Waals surface area contributed by atoms with Crippen molar-refractivity contribution in [2.75, 3.05) is 24.5 Å². The van der Waals surface area contributed by atoms with Gasteiger partial charge in [0.1, 0.15) is 5.82 Å². The van der Waals surface area contributed by atoms with Gasteiger partial charge in [-0.1, -0.05) is 44.2 Å². The average Bonchev–Trinajstić information content (AvgIpc) is 3.03. The third-order valence-corrected chi connectivity index (χ3v) is 5.00. The quantitative estimate of drug-likeness (QED) is 0.715. The summed E-state index contributed by atoms with van der Waals surface area (Å²) in [5.74, 6) is 1.41. The molecular weight excluding hydrogens is 338 g/mol. The van der Waals surface area contributed by atoms with Gasteiger partial charge in [0.2, 0.25) is 5.91 Å². The van der Waals surface area contributed by atoms with Crippen LogP contribution >= 0.6 is 0 Å². The van der Waals surface area contributed by atoms with Crippen molar-refractivity contribution < 1.29 is 4.79 Å². The number of rotatable bonds is 4. The Morgan fingerprint density at radius 3 is 2.59 bits per heavy atom. The second kappa shape index (κ2) is 7.02. The molecule has 6 nitrogen and oxygen atoms in total. The number of amides is 1. The number of fused-ring (bicyclic) bond motifs is 1. The van der Waals surface area contributed by atoms with Gasteiger partial charge in [-0.05, 0) is 18.4 Å². The van der Waals surface area contributed by atoms with E-state index < -0.39 is 0 Å². The number of piperazine rings is 1. The first-order valence-corrected chi connectivity index (χ1v) is 9.45. The van der Waals surface area contributed by atoms with Gasteiger partial charge in [-0.3, -0.25) is 4.79 Å². The number of aryl methyl sites for hydroxylation is 1. The molecular formula is C21H25N5O. The highest BCUT2D eigenvalue weighted by molar-refractivity contribution is 5.82. The molecule has 1 saturated heterocycles. The molecule has 0 radical (unpaired) electrons. The van der Waals surface area contributed by atoms with E-state index in [9.17, 15) is 4.79 Å². The average molecular weight is 363 g/mol. The van der Waals surface area contributed by atoms with Gasteiger partial charge in [-0.25, -0.2) is 4.98 Å². The van der Waals surface area contributed by atoms with Crippen molar-refractivity contribution in [2.45, 2.75) is 33.2 Å². The molecule has 6 heteroatoms. The number of carbonyl (C=O) groups is 1. The van der Waals surface area contributed by atoms with Crippen LogP contribution in [0.3, 0.4) is 0 Å². The summed E-state index contributed by atoms with van der Waals surface area (Å²) in [5, 5.41) is 4.59. The molecule has 2 aromatic heterocycles. The summed E-state index contributed by atoms with van der Waals surface area (Å²) in [6, 6.07) is 14.2. The Hall–Kier alpha value is -2.89. The lowest BCUT2D eigenvalue weighted by Crippen LogP contribution is -2.50. The van der Waals surface area contributed by atoms with Crippen LogP contribution < -0.4 is 4.90 Å². The maximum absolute atomic E-state index is 12.8. The zero-order valence-electron chi connectivity index (χ0n) is 16.1. The van der Waals surface area contributed by atoms with Crippen molar-refractivity contribution in [3.05, 3.63) is 59.4 Å². The molecule has 0 unspecified atom stereocenters. The standard InChI is InChI=1S/C21H25N5O/c1-15(2)18-12-20(26-19(22-18)11-16(3)23-26)24-9-10-25(21(27)14-24)13-17-7-5-4-6-8-17/h4-8,11-12,15H,9-10,13-14H2,1-3H3. The van der Waals surface area contributed by atoms with Crippen LogP contribution in [0.2, 0.25) is 0 Å². The summed E-state index contributed by atoms with van der Waals surface area (Å²) in [4.78, 5) is 21.6. The molecule has 0 saturated carbocycles. The van der Waals surface area contributed by atoms with Gasteiger partial charge in [-0.15, -0.1) is 0 Å². The number of anilines is 1. The zero-order valence-corrected chi connectivity index (χ0v) is 16.1. The molecule has 0 aliphatic carbocycles. The second-order valence-electron chi connectivity index (χ2n) is 7.47. The molecule has 0 spiro atoms. The minimum atomic E-state index is 0.144. The first-order valence-electron chi connectivity index (χ1n) is 9.45. The number of nitrogens with zero attached hydrogens (tertiary/aromatic N) is 5. The lowest BCUT2D eigenvalue weighted by molar-refractivity contribution is -0.131. The van der Waals surface area contributed by atoms with Crippen LogP contribution in [0.5, 0.6) is 0 Å². The van der Waals surface area contributed by atoms with Crippen molar-refractivity contribution in [3.8, 4) is 0 Å². The maximum Gasteiger partial charge on any atom is 0.242 e. The molecule has 140 valence electrons. The van der Waals surface area contributed by atoms with Gasteiger partial charge in [0, 0.05) is 37.5 Å². The monoisotopic (exact) mass is 363 g/mol. The van der Waals surface area contributed by atoms with Gasteiger partial charge in [0.05, 0.1) is 12.2 Å². The molecule has 1 amide bonds. The molecule has 1 aliphatic rings. The third-order valence-electron chi connectivity index (χ3n) is 5.00. The van der Waals surface area contributed by atoms with E-state index in [1.165, 1.54) is 0 Å². The largest absolute Gasteiger partial charge is 0.345 e. The van der Waals surface area contributed by atoms with Gasteiger partial charge in [0.25, 0.3) is 0 Å². The molecule has 3 aromatic rings. The second-order valence-corrected chi connectivity index (χ2v) is 7.47. The summed E-state index contributed by atoms with van der Waals surface area (Å²) >= 11 is 0. The van der Waals surface area contributed by atoms with Gasteiger partial charge in [-0.2, -0.15) is 9.61 Å². The number of hydrogen-bond acceptors (Lipinski definition) is 4. The minimum Gasteiger partial charge on any atom is -0.345 e. The van der Waals surface area contributed by atoms with Gasteiger partial charge < -0.3 is 9.80 Å². The fraction of sp³-hybridized carbons (Fsp3) is 0.381. The summed E-state index contributed by atoms with van der Waals surface area (Å²) in [7, 11) is 0. The minimum absolute atomic E-state index is 0.144. The van der Waals surface area contributed by atoms with E-state index >= 15 is 0 Å². The van der Waals surface area contributed by atoms with Gasteiger partial charge in [0.15, 0.2) is 5.65 Å². The first kappa shape index (κ1) is 17.5. The fourth-order valence-electron chi connectivity index (χ4n) is 3.49. The lowest BCUT2D eigenvalue weighted by atomic mass is 10.1. The molecule has 3 heterocycles. The van der Waals surface area contributed by atoms with E-state index in [4.69, 9.17) is 4.98 Å². The highest BCUT2D eigenvalue weighted by Crippen LogP contribution is 2.24. The molecule has 27 heavy (non-hydrogen) atoms. The highest BCUT2D eigenvalue weighted by Gasteiger charge is 2.26. The Bertz CT molecular complexity index is 963. The first-order chi connectivity index (χ1) is 13.0. The van der Waals surface area contributed by atoms with E-state index in [0.29, 0.717) is 25.6 Å². The predicted molar refractivity (Wildman–Crippen MR) is 106 cm³/mol. The smallest absolute Gasteiger partial charge is 0.242 e. The number of carbonyl (C=O) groups excluding carboxylic acids is 1. The normalized spacial score (nSPS) is 15.2. The fourth-order valence-corrected chi connectivity index (χ4v) is 3.49. The Labute approximate surface area is 159 Å². The Kier molecular flexibility index (Phi) is 4.56. The van der Waals surface area contributed by atoms with Crippen LogP contribution in [0.25, 0.3) is 5.65 Å². The van der Waals surface area contributed by atoms with Crippen molar-refractivity contribution in [3.63, 3.8) is 0 Å². The highest BCUT2D eigenvalue weighted by atomic mass is 16.2. The molecule has 0 N–H and O–H groups in total. The Morgan fingerprint density at radius 1 is 1.11 bits per heavy atom. The summed E-state index contributed by atoms with van der Waals surface area (Å²) < 4.78 is 1.86. The molecule has 1 aromatic carbocycles. The van der Waals surface area contributed by atoms with E-state index in [0.717, 1.165) is 35.0 Å². The lowest BCUT2D eigenvalue weighted by Gasteiger charge is -2.35. The van der Waals surface area contributed by atoms with Crippen LogP contribution in [0.1, 0.15) is 36.7 Å². The molecule has 4 rings (SSSR count). The molecule has 0 atom stereocenters. The van der Waals surface area contributed by atoms with Crippen LogP contribution in [0, 0.1) is 6.92 Å². The Morgan fingerprint density at radius 2 is 1.89 bits per heavy atom. The Balaban J connectivity index is 1.59. The van der Waals surface area contributed by atoms with Crippen LogP contribution in [-0.2, 0) is 11.3 Å². The molecule has 1 aliphatic heterocycles. The van der Waals surface area contributed by atoms with Crippen molar-refractivity contribution in [2.24, 2.45) is 0 Å². The van der Waals surface area contributed by atoms with Crippen LogP contribution in [0.4, 0.5) is 5.82 Å². The predicted octanol–water partition coefficient (Wildman–Crippen LogP) is 3.01.